The Morgan fingerprint density at radius 3 is 2.11 bits per heavy atom. The van der Waals surface area contributed by atoms with Crippen molar-refractivity contribution >= 4 is 29.4 Å². The predicted molar refractivity (Wildman–Crippen MR) is 132 cm³/mol. The van der Waals surface area contributed by atoms with E-state index in [1.54, 1.807) is 37.3 Å². The van der Waals surface area contributed by atoms with E-state index in [0.717, 1.165) is 0 Å². The van der Waals surface area contributed by atoms with Gasteiger partial charge in [-0.15, -0.1) is 0 Å². The second-order valence-corrected chi connectivity index (χ2v) is 7.85. The van der Waals surface area contributed by atoms with E-state index in [-0.39, 0.29) is 81.0 Å². The molecule has 0 aromatic heterocycles. The molecule has 2 unspecified atom stereocenters. The van der Waals surface area contributed by atoms with Crippen LogP contribution in [0.2, 0.25) is 0 Å². The van der Waals surface area contributed by atoms with Crippen LogP contribution in [0.4, 0.5) is 5.69 Å². The number of hydrogen-bond acceptors (Lipinski definition) is 6. The van der Waals surface area contributed by atoms with Crippen molar-refractivity contribution in [3.05, 3.63) is 59.2 Å². The average Bonchev–Trinajstić information content (AvgIpc) is 2.77. The molecule has 0 spiro atoms. The third-order valence-corrected chi connectivity index (χ3v) is 5.24. The summed E-state index contributed by atoms with van der Waals surface area (Å²) in [7, 11) is 0. The van der Waals surface area contributed by atoms with E-state index < -0.39 is 29.7 Å². The third-order valence-electron chi connectivity index (χ3n) is 5.24. The summed E-state index contributed by atoms with van der Waals surface area (Å²) in [6.45, 7) is 3.39. The summed E-state index contributed by atoms with van der Waals surface area (Å²) in [5.41, 5.74) is 1.60. The molecule has 9 nitrogen and oxygen atoms in total. The fourth-order valence-corrected chi connectivity index (χ4v) is 3.27. The number of nitrogens with one attached hydrogen (secondary N) is 2. The van der Waals surface area contributed by atoms with E-state index in [4.69, 9.17) is 5.11 Å². The summed E-state index contributed by atoms with van der Waals surface area (Å²) in [5.74, 6) is -4.50. The fraction of sp³-hybridized carbons (Fsp3) is 0.385. The molecule has 192 valence electrons. The van der Waals surface area contributed by atoms with E-state index in [2.05, 4.69) is 10.6 Å². The average molecular weight is 511 g/mol. The van der Waals surface area contributed by atoms with Gasteiger partial charge in [-0.05, 0) is 54.2 Å². The molecule has 4 N–H and O–H groups in total. The first kappa shape index (κ1) is 35.3. The molecular weight excluding hydrogens is 475 g/mol. The number of carbonyl (C=O) groups is 4. The maximum atomic E-state index is 12.6. The van der Waals surface area contributed by atoms with Crippen molar-refractivity contribution in [3.63, 3.8) is 0 Å². The Balaban J connectivity index is 0. The van der Waals surface area contributed by atoms with Crippen LogP contribution in [-0.2, 0) is 27.3 Å². The van der Waals surface area contributed by atoms with Gasteiger partial charge in [-0.2, -0.15) is 0 Å². The number of carboxylic acid groups (broad SMARTS) is 2. The molecule has 0 aliphatic heterocycles. The van der Waals surface area contributed by atoms with E-state index in [0.29, 0.717) is 23.2 Å². The van der Waals surface area contributed by atoms with Gasteiger partial charge in [0.25, 0.3) is 5.91 Å². The van der Waals surface area contributed by atoms with Crippen LogP contribution in [0.15, 0.2) is 42.5 Å². The fourth-order valence-electron chi connectivity index (χ4n) is 3.27. The molecule has 2 aromatic carbocycles. The molecule has 0 heterocycles. The van der Waals surface area contributed by atoms with Crippen LogP contribution in [0, 0.1) is 11.8 Å². The van der Waals surface area contributed by atoms with Crippen molar-refractivity contribution in [1.82, 2.24) is 5.32 Å². The molecule has 2 atom stereocenters. The number of carbonyl (C=O) groups excluding carboxylic acids is 3. The van der Waals surface area contributed by atoms with Crippen molar-refractivity contribution in [3.8, 4) is 5.75 Å². The molecular formula is C26H35N2NaO7. The number of rotatable bonds is 11. The van der Waals surface area contributed by atoms with Gasteiger partial charge < -0.3 is 30.7 Å². The second-order valence-electron chi connectivity index (χ2n) is 7.85. The van der Waals surface area contributed by atoms with Crippen molar-refractivity contribution in [2.45, 2.75) is 54.5 Å². The number of amides is 2. The predicted octanol–water partition coefficient (Wildman–Crippen LogP) is -0.0337. The summed E-state index contributed by atoms with van der Waals surface area (Å²) >= 11 is 0. The molecule has 36 heavy (non-hydrogen) atoms. The quantitative estimate of drug-likeness (QED) is 0.309. The summed E-state index contributed by atoms with van der Waals surface area (Å²) < 4.78 is 0. The maximum Gasteiger partial charge on any atom is 1.00 e. The Hall–Kier alpha value is -2.88. The minimum absolute atomic E-state index is 0. The zero-order chi connectivity index (χ0) is 24.5. The SMILES string of the molecule is C.C.CCC(CC(C)C(=O)[O-])C(=O)NCc1ccc(O)c(C(=O)Nc2ccc(CC(=O)O)cc2)c1.[Na+]. The normalized spacial score (nSPS) is 11.4. The molecule has 2 aromatic rings. The van der Waals surface area contributed by atoms with Crippen LogP contribution in [0.25, 0.3) is 0 Å². The molecule has 0 radical (unpaired) electrons. The minimum Gasteiger partial charge on any atom is -0.550 e. The van der Waals surface area contributed by atoms with Crippen molar-refractivity contribution in [1.29, 1.82) is 0 Å². The molecule has 0 fully saturated rings. The smallest absolute Gasteiger partial charge is 0.550 e. The van der Waals surface area contributed by atoms with Gasteiger partial charge in [0.1, 0.15) is 5.75 Å². The van der Waals surface area contributed by atoms with Gasteiger partial charge in [0.2, 0.25) is 5.91 Å². The van der Waals surface area contributed by atoms with Crippen LogP contribution >= 0.6 is 0 Å². The van der Waals surface area contributed by atoms with E-state index in [9.17, 15) is 29.4 Å². The number of carboxylic acids is 2. The number of phenolic OH excluding ortho intramolecular Hbond substituents is 1. The van der Waals surface area contributed by atoms with Gasteiger partial charge in [0, 0.05) is 24.1 Å². The molecule has 0 saturated heterocycles. The van der Waals surface area contributed by atoms with Crippen LogP contribution in [0.1, 0.15) is 63.0 Å². The maximum absolute atomic E-state index is 12.6. The third kappa shape index (κ3) is 10.8. The Kier molecular flexibility index (Phi) is 16.4. The number of aromatic hydroxyl groups is 1. The number of aliphatic carboxylic acids is 2. The first-order valence-electron chi connectivity index (χ1n) is 10.5. The van der Waals surface area contributed by atoms with Crippen LogP contribution in [0.3, 0.4) is 0 Å². The Bertz CT molecular complexity index is 1030. The van der Waals surface area contributed by atoms with Crippen molar-refractivity contribution in [2.75, 3.05) is 5.32 Å². The molecule has 0 bridgehead atoms. The summed E-state index contributed by atoms with van der Waals surface area (Å²) in [4.78, 5) is 46.8. The monoisotopic (exact) mass is 510 g/mol. The van der Waals surface area contributed by atoms with Gasteiger partial charge in [-0.25, -0.2) is 0 Å². The van der Waals surface area contributed by atoms with Gasteiger partial charge in [-0.3, -0.25) is 14.4 Å². The van der Waals surface area contributed by atoms with Crippen molar-refractivity contribution < 1.29 is 64.1 Å². The molecule has 0 aliphatic rings. The molecule has 0 aliphatic carbocycles. The Morgan fingerprint density at radius 1 is 1.00 bits per heavy atom. The summed E-state index contributed by atoms with van der Waals surface area (Å²) in [6, 6.07) is 10.7. The number of hydrogen-bond donors (Lipinski definition) is 4. The van der Waals surface area contributed by atoms with Crippen LogP contribution < -0.4 is 45.3 Å². The first-order chi connectivity index (χ1) is 15.6. The number of phenols is 1. The topological polar surface area (TPSA) is 156 Å². The van der Waals surface area contributed by atoms with Gasteiger partial charge in [0.05, 0.1) is 12.0 Å². The Labute approximate surface area is 234 Å². The standard InChI is InChI=1S/C24H28N2O7.2CH4.Na/c1-3-17(10-14(2)24(32)33)22(30)25-13-16-6-9-20(27)19(11-16)23(31)26-18-7-4-15(5-8-18)12-21(28)29;;;/h4-9,11,14,17,27H,3,10,12-13H2,1-2H3,(H,25,30)(H,26,31)(H,28,29)(H,32,33);2*1H4;/q;;;+1/p-1. The second kappa shape index (κ2) is 16.7. The zero-order valence-corrected chi connectivity index (χ0v) is 21.5. The van der Waals surface area contributed by atoms with Crippen molar-refractivity contribution in [2.24, 2.45) is 11.8 Å². The number of benzene rings is 2. The van der Waals surface area contributed by atoms with E-state index in [1.165, 1.54) is 19.1 Å². The molecule has 10 heteroatoms. The number of anilines is 1. The Morgan fingerprint density at radius 2 is 1.58 bits per heavy atom. The molecule has 2 amide bonds. The summed E-state index contributed by atoms with van der Waals surface area (Å²) in [5, 5.41) is 35.2. The van der Waals surface area contributed by atoms with Gasteiger partial charge in [-0.1, -0.05) is 46.9 Å². The molecule has 2 rings (SSSR count). The van der Waals surface area contributed by atoms with Gasteiger partial charge in [0.15, 0.2) is 0 Å². The van der Waals surface area contributed by atoms with Gasteiger partial charge >= 0.3 is 35.5 Å². The summed E-state index contributed by atoms with van der Waals surface area (Å²) in [6.07, 6.45) is 0.505. The largest absolute Gasteiger partial charge is 1.00 e. The van der Waals surface area contributed by atoms with E-state index >= 15 is 0 Å². The van der Waals surface area contributed by atoms with Crippen LogP contribution in [-0.4, -0.2) is 34.0 Å². The first-order valence-corrected chi connectivity index (χ1v) is 10.5. The minimum atomic E-state index is -1.20. The van der Waals surface area contributed by atoms with Crippen LogP contribution in [0.5, 0.6) is 5.75 Å². The molecule has 0 saturated carbocycles. The van der Waals surface area contributed by atoms with E-state index in [1.807, 2.05) is 0 Å². The zero-order valence-electron chi connectivity index (χ0n) is 19.5.